The van der Waals surface area contributed by atoms with E-state index in [4.69, 9.17) is 0 Å². The maximum absolute atomic E-state index is 4.21. The van der Waals surface area contributed by atoms with Gasteiger partial charge in [-0.3, -0.25) is 0 Å². The van der Waals surface area contributed by atoms with Gasteiger partial charge >= 0.3 is 0 Å². The topological polar surface area (TPSA) is 6.48 Å². The second kappa shape index (κ2) is 11.5. The van der Waals surface area contributed by atoms with Gasteiger partial charge in [-0.2, -0.15) is 37.0 Å². The molecule has 0 spiro atoms. The molecule has 0 saturated heterocycles. The third-order valence-corrected chi connectivity index (χ3v) is 3.54. The Morgan fingerprint density at radius 1 is 0.800 bits per heavy atom. The lowest BCUT2D eigenvalue weighted by atomic mass is 10.6. The van der Waals surface area contributed by atoms with E-state index in [1.54, 1.807) is 0 Å². The maximum Gasteiger partial charge on any atom is 0.00696 e. The van der Waals surface area contributed by atoms with Crippen molar-refractivity contribution in [3.8, 4) is 0 Å². The van der Waals surface area contributed by atoms with Crippen molar-refractivity contribution in [2.24, 2.45) is 0 Å². The molecule has 0 atom stereocenters. The number of hydrogen-bond donors (Lipinski definition) is 2. The van der Waals surface area contributed by atoms with Crippen LogP contribution in [0.4, 0.5) is 0 Å². The highest BCUT2D eigenvalue weighted by Crippen LogP contribution is 2.01. The number of thioether (sulfide) groups is 1. The molecule has 0 aliphatic rings. The molecule has 0 bridgehead atoms. The van der Waals surface area contributed by atoms with E-state index < -0.39 is 0 Å². The second-order valence-electron chi connectivity index (χ2n) is 3.67. The lowest BCUT2D eigenvalue weighted by Crippen LogP contribution is -2.25. The van der Waals surface area contributed by atoms with Gasteiger partial charge in [0.2, 0.25) is 0 Å². The van der Waals surface area contributed by atoms with Crippen molar-refractivity contribution in [1.29, 1.82) is 0 Å². The van der Waals surface area contributed by atoms with Crippen molar-refractivity contribution < 1.29 is 0 Å². The van der Waals surface area contributed by atoms with Crippen LogP contribution in [0.5, 0.6) is 0 Å². The molecule has 0 heterocycles. The fourth-order valence-corrected chi connectivity index (χ4v) is 2.88. The van der Waals surface area contributed by atoms with Gasteiger partial charge in [-0.25, -0.2) is 0 Å². The van der Waals surface area contributed by atoms with Gasteiger partial charge in [0.05, 0.1) is 0 Å². The van der Waals surface area contributed by atoms with Gasteiger partial charge < -0.3 is 9.80 Å². The Morgan fingerprint density at radius 3 is 1.53 bits per heavy atom. The summed E-state index contributed by atoms with van der Waals surface area (Å²) in [5, 5.41) is 0. The van der Waals surface area contributed by atoms with Crippen LogP contribution in [0, 0.1) is 0 Å². The minimum absolute atomic E-state index is 0.950. The minimum Gasteiger partial charge on any atom is -0.305 e. The zero-order valence-corrected chi connectivity index (χ0v) is 12.5. The van der Waals surface area contributed by atoms with E-state index >= 15 is 0 Å². The average Bonchev–Trinajstić information content (AvgIpc) is 2.18. The minimum atomic E-state index is 0.950. The van der Waals surface area contributed by atoms with Crippen LogP contribution in [0.2, 0.25) is 0 Å². The molecule has 0 rings (SSSR count). The molecule has 0 aliphatic heterocycles. The predicted molar refractivity (Wildman–Crippen MR) is 80.0 cm³/mol. The van der Waals surface area contributed by atoms with Gasteiger partial charge in [0.15, 0.2) is 0 Å². The largest absolute Gasteiger partial charge is 0.305 e. The maximum atomic E-state index is 4.21. The van der Waals surface area contributed by atoms with E-state index in [1.807, 2.05) is 11.8 Å². The van der Waals surface area contributed by atoms with Gasteiger partial charge in [-0.05, 0) is 14.1 Å². The van der Waals surface area contributed by atoms with Gasteiger partial charge in [-0.1, -0.05) is 0 Å². The molecule has 0 saturated carbocycles. The van der Waals surface area contributed by atoms with Crippen LogP contribution >= 0.6 is 37.0 Å². The van der Waals surface area contributed by atoms with Gasteiger partial charge in [0.1, 0.15) is 0 Å². The molecular formula is C10H24N2S3. The zero-order valence-electron chi connectivity index (χ0n) is 9.85. The molecule has 5 heteroatoms. The number of nitrogens with zero attached hydrogens (tertiary/aromatic N) is 2. The Bertz CT molecular complexity index is 122. The summed E-state index contributed by atoms with van der Waals surface area (Å²) < 4.78 is 0. The van der Waals surface area contributed by atoms with E-state index in [-0.39, 0.29) is 0 Å². The van der Waals surface area contributed by atoms with Gasteiger partial charge in [0.25, 0.3) is 0 Å². The van der Waals surface area contributed by atoms with Crippen LogP contribution in [0.15, 0.2) is 0 Å². The smallest absolute Gasteiger partial charge is 0.00696 e. The zero-order chi connectivity index (χ0) is 11.5. The molecule has 92 valence electrons. The quantitative estimate of drug-likeness (QED) is 0.458. The van der Waals surface area contributed by atoms with Crippen molar-refractivity contribution in [3.05, 3.63) is 0 Å². The lowest BCUT2D eigenvalue weighted by molar-refractivity contribution is 0.376. The molecule has 0 fully saturated rings. The van der Waals surface area contributed by atoms with Crippen molar-refractivity contribution in [1.82, 2.24) is 9.80 Å². The monoisotopic (exact) mass is 268 g/mol. The van der Waals surface area contributed by atoms with E-state index in [2.05, 4.69) is 49.2 Å². The first-order chi connectivity index (χ1) is 7.20. The summed E-state index contributed by atoms with van der Waals surface area (Å²) in [7, 11) is 4.31. The molecule has 0 unspecified atom stereocenters. The van der Waals surface area contributed by atoms with E-state index in [0.717, 1.165) is 24.6 Å². The summed E-state index contributed by atoms with van der Waals surface area (Å²) in [6, 6.07) is 0. The van der Waals surface area contributed by atoms with Crippen molar-refractivity contribution in [2.75, 3.05) is 63.3 Å². The standard InChI is InChI=1S/C10H24N2S3/c1-11(3-7-13)5-9-15-10-6-12(2)4-8-14/h13-14H,3-10H2,1-2H3. The van der Waals surface area contributed by atoms with E-state index in [9.17, 15) is 0 Å². The Morgan fingerprint density at radius 2 is 1.20 bits per heavy atom. The van der Waals surface area contributed by atoms with Gasteiger partial charge in [0, 0.05) is 49.2 Å². The summed E-state index contributed by atoms with van der Waals surface area (Å²) in [5.74, 6) is 4.34. The average molecular weight is 269 g/mol. The summed E-state index contributed by atoms with van der Waals surface area (Å²) in [5.41, 5.74) is 0. The first kappa shape index (κ1) is 16.0. The van der Waals surface area contributed by atoms with Crippen LogP contribution in [0.1, 0.15) is 0 Å². The molecule has 0 aromatic heterocycles. The first-order valence-corrected chi connectivity index (χ1v) is 7.79. The summed E-state index contributed by atoms with van der Waals surface area (Å²) >= 11 is 10.5. The van der Waals surface area contributed by atoms with Crippen molar-refractivity contribution >= 4 is 37.0 Å². The molecule has 15 heavy (non-hydrogen) atoms. The number of thiol groups is 2. The third kappa shape index (κ3) is 11.2. The third-order valence-electron chi connectivity index (χ3n) is 2.20. The Balaban J connectivity index is 3.17. The SMILES string of the molecule is CN(CCS)CCSCCN(C)CCS. The molecule has 2 nitrogen and oxygen atoms in total. The van der Waals surface area contributed by atoms with Crippen LogP contribution in [-0.2, 0) is 0 Å². The summed E-state index contributed by atoms with van der Waals surface area (Å²) in [6.45, 7) is 4.51. The molecular weight excluding hydrogens is 244 g/mol. The molecule has 0 N–H and O–H groups in total. The summed E-state index contributed by atoms with van der Waals surface area (Å²) in [6.07, 6.45) is 0. The normalized spacial score (nSPS) is 11.6. The highest BCUT2D eigenvalue weighted by atomic mass is 32.2. The van der Waals surface area contributed by atoms with Crippen molar-refractivity contribution in [3.63, 3.8) is 0 Å². The molecule has 0 aromatic rings. The molecule has 0 amide bonds. The van der Waals surface area contributed by atoms with Crippen LogP contribution in [0.3, 0.4) is 0 Å². The molecule has 0 radical (unpaired) electrons. The first-order valence-electron chi connectivity index (χ1n) is 5.37. The fraction of sp³-hybridized carbons (Fsp3) is 1.00. The van der Waals surface area contributed by atoms with E-state index in [0.29, 0.717) is 0 Å². The Hall–Kier alpha value is 0.970. The van der Waals surface area contributed by atoms with Crippen LogP contribution in [0.25, 0.3) is 0 Å². The fourth-order valence-electron chi connectivity index (χ4n) is 1.11. The second-order valence-corrected chi connectivity index (χ2v) is 5.79. The number of hydrogen-bond acceptors (Lipinski definition) is 5. The van der Waals surface area contributed by atoms with Crippen LogP contribution in [-0.4, -0.2) is 73.1 Å². The van der Waals surface area contributed by atoms with Crippen LogP contribution < -0.4 is 0 Å². The lowest BCUT2D eigenvalue weighted by Gasteiger charge is -2.16. The highest BCUT2D eigenvalue weighted by Gasteiger charge is 1.98. The van der Waals surface area contributed by atoms with Gasteiger partial charge in [-0.15, -0.1) is 0 Å². The Labute approximate surface area is 110 Å². The van der Waals surface area contributed by atoms with Crippen molar-refractivity contribution in [2.45, 2.75) is 0 Å². The molecule has 0 aromatic carbocycles. The molecule has 0 aliphatic carbocycles. The Kier molecular flexibility index (Phi) is 12.2. The number of rotatable bonds is 10. The summed E-state index contributed by atoms with van der Waals surface area (Å²) in [4.78, 5) is 4.66. The predicted octanol–water partition coefficient (Wildman–Crippen LogP) is 1.44. The highest BCUT2D eigenvalue weighted by molar-refractivity contribution is 7.99. The van der Waals surface area contributed by atoms with E-state index in [1.165, 1.54) is 24.6 Å².